The van der Waals surface area contributed by atoms with E-state index >= 15 is 0 Å². The number of hydrogen-bond acceptors (Lipinski definition) is 3. The molecule has 1 aromatic carbocycles. The van der Waals surface area contributed by atoms with Gasteiger partial charge in [-0.1, -0.05) is 12.5 Å². The second kappa shape index (κ2) is 5.20. The average molecular weight is 230 g/mol. The third-order valence-corrected chi connectivity index (χ3v) is 3.29. The minimum atomic E-state index is 0.0542. The first kappa shape index (κ1) is 11.9. The fraction of sp³-hybridized carbons (Fsp3) is 0.500. The molecular weight excluding hydrogens is 212 g/mol. The third-order valence-electron chi connectivity index (χ3n) is 3.29. The largest absolute Gasteiger partial charge is 0.487 e. The van der Waals surface area contributed by atoms with Gasteiger partial charge in [0.25, 0.3) is 0 Å². The molecule has 0 heterocycles. The van der Waals surface area contributed by atoms with Gasteiger partial charge in [0.1, 0.15) is 17.9 Å². The summed E-state index contributed by atoms with van der Waals surface area (Å²) in [5.74, 6) is 0.667. The van der Waals surface area contributed by atoms with Crippen molar-refractivity contribution in [3.63, 3.8) is 0 Å². The van der Waals surface area contributed by atoms with Gasteiger partial charge in [-0.15, -0.1) is 0 Å². The highest BCUT2D eigenvalue weighted by atomic mass is 16.5. The number of nitriles is 1. The van der Waals surface area contributed by atoms with Crippen LogP contribution < -0.4 is 10.5 Å². The van der Waals surface area contributed by atoms with E-state index in [4.69, 9.17) is 15.7 Å². The summed E-state index contributed by atoms with van der Waals surface area (Å²) >= 11 is 0. The van der Waals surface area contributed by atoms with Crippen LogP contribution in [0.5, 0.6) is 5.75 Å². The van der Waals surface area contributed by atoms with Gasteiger partial charge < -0.3 is 10.5 Å². The Hall–Kier alpha value is -1.53. The monoisotopic (exact) mass is 230 g/mol. The van der Waals surface area contributed by atoms with Crippen molar-refractivity contribution in [1.82, 2.24) is 0 Å². The summed E-state index contributed by atoms with van der Waals surface area (Å²) in [6.45, 7) is 1.97. The summed E-state index contributed by atoms with van der Waals surface area (Å²) in [4.78, 5) is 0. The van der Waals surface area contributed by atoms with Crippen molar-refractivity contribution in [2.24, 2.45) is 5.73 Å². The number of nitrogens with zero attached hydrogens (tertiary/aromatic N) is 1. The molecule has 1 aliphatic rings. The third kappa shape index (κ3) is 2.78. The van der Waals surface area contributed by atoms with Crippen molar-refractivity contribution in [2.45, 2.75) is 44.8 Å². The summed E-state index contributed by atoms with van der Waals surface area (Å²) in [6, 6.07) is 7.95. The first-order valence-corrected chi connectivity index (χ1v) is 6.13. The van der Waals surface area contributed by atoms with Crippen LogP contribution >= 0.6 is 0 Å². The SMILES string of the molecule is Cc1ccc(OC2CCCCC2N)c(C#N)c1. The maximum Gasteiger partial charge on any atom is 0.137 e. The van der Waals surface area contributed by atoms with Crippen LogP contribution in [0.25, 0.3) is 0 Å². The molecule has 1 aromatic rings. The molecule has 2 rings (SSSR count). The van der Waals surface area contributed by atoms with E-state index in [-0.39, 0.29) is 12.1 Å². The highest BCUT2D eigenvalue weighted by Gasteiger charge is 2.24. The molecule has 3 heteroatoms. The van der Waals surface area contributed by atoms with Crippen LogP contribution in [-0.2, 0) is 0 Å². The maximum absolute atomic E-state index is 9.08. The lowest BCUT2D eigenvalue weighted by atomic mass is 9.93. The van der Waals surface area contributed by atoms with E-state index in [1.807, 2.05) is 25.1 Å². The number of benzene rings is 1. The van der Waals surface area contributed by atoms with Crippen LogP contribution in [-0.4, -0.2) is 12.1 Å². The average Bonchev–Trinajstić information content (AvgIpc) is 2.34. The quantitative estimate of drug-likeness (QED) is 0.849. The Kier molecular flexibility index (Phi) is 3.65. The van der Waals surface area contributed by atoms with Crippen LogP contribution in [0.2, 0.25) is 0 Å². The summed E-state index contributed by atoms with van der Waals surface area (Å²) in [5, 5.41) is 9.08. The minimum absolute atomic E-state index is 0.0542. The van der Waals surface area contributed by atoms with Gasteiger partial charge in [0.05, 0.1) is 5.56 Å². The lowest BCUT2D eigenvalue weighted by Gasteiger charge is -2.29. The van der Waals surface area contributed by atoms with Gasteiger partial charge in [0, 0.05) is 6.04 Å². The second-order valence-corrected chi connectivity index (χ2v) is 4.72. The number of nitrogens with two attached hydrogens (primary N) is 1. The van der Waals surface area contributed by atoms with Crippen LogP contribution in [0.4, 0.5) is 0 Å². The predicted octanol–water partition coefficient (Wildman–Crippen LogP) is 2.52. The van der Waals surface area contributed by atoms with Gasteiger partial charge in [-0.3, -0.25) is 0 Å². The van der Waals surface area contributed by atoms with E-state index in [0.29, 0.717) is 11.3 Å². The molecule has 1 aliphatic carbocycles. The summed E-state index contributed by atoms with van der Waals surface area (Å²) in [7, 11) is 0. The van der Waals surface area contributed by atoms with Crippen molar-refractivity contribution >= 4 is 0 Å². The van der Waals surface area contributed by atoms with Crippen molar-refractivity contribution < 1.29 is 4.74 Å². The van der Waals surface area contributed by atoms with Gasteiger partial charge in [-0.2, -0.15) is 5.26 Å². The molecule has 0 amide bonds. The molecule has 2 N–H and O–H groups in total. The standard InChI is InChI=1S/C14H18N2O/c1-10-6-7-13(11(8-10)9-15)17-14-5-3-2-4-12(14)16/h6-8,12,14H,2-5,16H2,1H3. The zero-order chi connectivity index (χ0) is 12.3. The van der Waals surface area contributed by atoms with Crippen LogP contribution in [0.1, 0.15) is 36.8 Å². The molecule has 3 nitrogen and oxygen atoms in total. The van der Waals surface area contributed by atoms with Gasteiger partial charge in [0.15, 0.2) is 0 Å². The Morgan fingerprint density at radius 3 is 2.82 bits per heavy atom. The number of aryl methyl sites for hydroxylation is 1. The van der Waals surface area contributed by atoms with Gasteiger partial charge >= 0.3 is 0 Å². The Morgan fingerprint density at radius 2 is 2.12 bits per heavy atom. The normalized spacial score (nSPS) is 24.1. The predicted molar refractivity (Wildman–Crippen MR) is 66.8 cm³/mol. The number of rotatable bonds is 2. The topological polar surface area (TPSA) is 59.0 Å². The van der Waals surface area contributed by atoms with Crippen LogP contribution in [0, 0.1) is 18.3 Å². The lowest BCUT2D eigenvalue weighted by Crippen LogP contribution is -2.41. The zero-order valence-corrected chi connectivity index (χ0v) is 10.1. The van der Waals surface area contributed by atoms with E-state index < -0.39 is 0 Å². The summed E-state index contributed by atoms with van der Waals surface area (Å²) < 4.78 is 5.90. The molecule has 0 bridgehead atoms. The molecule has 0 aromatic heterocycles. The van der Waals surface area contributed by atoms with E-state index in [9.17, 15) is 0 Å². The molecule has 1 fully saturated rings. The highest BCUT2D eigenvalue weighted by molar-refractivity contribution is 5.45. The molecule has 0 radical (unpaired) electrons. The number of hydrogen-bond donors (Lipinski definition) is 1. The Balaban J connectivity index is 2.15. The van der Waals surface area contributed by atoms with Crippen molar-refractivity contribution in [3.05, 3.63) is 29.3 Å². The Labute approximate surface area is 102 Å². The van der Waals surface area contributed by atoms with Gasteiger partial charge in [-0.05, 0) is 43.9 Å². The molecule has 0 spiro atoms. The first-order chi connectivity index (χ1) is 8.20. The van der Waals surface area contributed by atoms with Crippen LogP contribution in [0.3, 0.4) is 0 Å². The van der Waals surface area contributed by atoms with Gasteiger partial charge in [0.2, 0.25) is 0 Å². The molecule has 17 heavy (non-hydrogen) atoms. The van der Waals surface area contributed by atoms with E-state index in [2.05, 4.69) is 6.07 Å². The molecule has 90 valence electrons. The van der Waals surface area contributed by atoms with E-state index in [1.54, 1.807) is 0 Å². The zero-order valence-electron chi connectivity index (χ0n) is 10.1. The first-order valence-electron chi connectivity index (χ1n) is 6.13. The fourth-order valence-corrected chi connectivity index (χ4v) is 2.27. The molecule has 0 aliphatic heterocycles. The molecule has 1 saturated carbocycles. The Bertz CT molecular complexity index is 436. The van der Waals surface area contributed by atoms with Crippen molar-refractivity contribution in [2.75, 3.05) is 0 Å². The molecule has 2 atom stereocenters. The second-order valence-electron chi connectivity index (χ2n) is 4.72. The molecule has 0 saturated heterocycles. The van der Waals surface area contributed by atoms with Crippen LogP contribution in [0.15, 0.2) is 18.2 Å². The molecular formula is C14H18N2O. The van der Waals surface area contributed by atoms with Crippen molar-refractivity contribution in [3.8, 4) is 11.8 Å². The lowest BCUT2D eigenvalue weighted by molar-refractivity contribution is 0.132. The van der Waals surface area contributed by atoms with Gasteiger partial charge in [-0.25, -0.2) is 0 Å². The van der Waals surface area contributed by atoms with E-state index in [0.717, 1.165) is 24.8 Å². The maximum atomic E-state index is 9.08. The van der Waals surface area contributed by atoms with Crippen molar-refractivity contribution in [1.29, 1.82) is 5.26 Å². The summed E-state index contributed by atoms with van der Waals surface area (Å²) in [6.07, 6.45) is 4.39. The smallest absolute Gasteiger partial charge is 0.137 e. The number of ether oxygens (including phenoxy) is 1. The fourth-order valence-electron chi connectivity index (χ4n) is 2.27. The summed E-state index contributed by atoms with van der Waals surface area (Å²) in [5.41, 5.74) is 7.71. The Morgan fingerprint density at radius 1 is 1.35 bits per heavy atom. The minimum Gasteiger partial charge on any atom is -0.487 e. The molecule has 2 unspecified atom stereocenters. The highest BCUT2D eigenvalue weighted by Crippen LogP contribution is 2.25. The van der Waals surface area contributed by atoms with E-state index in [1.165, 1.54) is 6.42 Å².